The topological polar surface area (TPSA) is 92.8 Å². The molecule has 0 heterocycles. The van der Waals surface area contributed by atoms with Gasteiger partial charge < -0.3 is 10.1 Å². The summed E-state index contributed by atoms with van der Waals surface area (Å²) in [5.74, 6) is -1.28. The lowest BCUT2D eigenvalue weighted by atomic mass is 10.2. The van der Waals surface area contributed by atoms with Gasteiger partial charge in [-0.2, -0.15) is 0 Å². The summed E-state index contributed by atoms with van der Waals surface area (Å²) < 4.78 is 33.8. The standard InChI is InChI=1S/C26H26N2O5S/c1-3-17-27-25(29)20(2)33-26(30)22-13-10-16-24(18-22)34(31,32)28(23-14-8-5-9-15-23)19-21-11-6-4-7-12-21/h3-16,18,20H,1,17,19H2,2H3,(H,27,29). The Morgan fingerprint density at radius 3 is 2.29 bits per heavy atom. The highest BCUT2D eigenvalue weighted by Gasteiger charge is 2.27. The molecule has 0 aliphatic rings. The Hall–Kier alpha value is -3.91. The van der Waals surface area contributed by atoms with E-state index in [1.54, 1.807) is 30.3 Å². The Balaban J connectivity index is 1.89. The number of nitrogens with one attached hydrogen (secondary N) is 1. The van der Waals surface area contributed by atoms with Crippen molar-refractivity contribution in [2.75, 3.05) is 10.8 Å². The Labute approximate surface area is 199 Å². The zero-order chi connectivity index (χ0) is 24.6. The number of carbonyl (C=O) groups excluding carboxylic acids is 2. The Kier molecular flexibility index (Phi) is 8.21. The van der Waals surface area contributed by atoms with E-state index >= 15 is 0 Å². The second kappa shape index (κ2) is 11.3. The van der Waals surface area contributed by atoms with Crippen molar-refractivity contribution in [3.8, 4) is 0 Å². The molecule has 3 rings (SSSR count). The number of rotatable bonds is 10. The number of nitrogens with zero attached hydrogens (tertiary/aromatic N) is 1. The van der Waals surface area contributed by atoms with Gasteiger partial charge in [-0.25, -0.2) is 13.2 Å². The van der Waals surface area contributed by atoms with Crippen LogP contribution >= 0.6 is 0 Å². The van der Waals surface area contributed by atoms with E-state index in [9.17, 15) is 18.0 Å². The number of carbonyl (C=O) groups is 2. The van der Waals surface area contributed by atoms with Crippen LogP contribution < -0.4 is 9.62 Å². The molecular formula is C26H26N2O5S. The maximum Gasteiger partial charge on any atom is 0.338 e. The summed E-state index contributed by atoms with van der Waals surface area (Å²) in [4.78, 5) is 24.5. The fourth-order valence-electron chi connectivity index (χ4n) is 3.17. The number of ether oxygens (including phenoxy) is 1. The minimum absolute atomic E-state index is 0.0252. The van der Waals surface area contributed by atoms with E-state index in [1.165, 1.54) is 41.6 Å². The molecule has 1 unspecified atom stereocenters. The predicted molar refractivity (Wildman–Crippen MR) is 131 cm³/mol. The molecule has 8 heteroatoms. The average Bonchev–Trinajstić information content (AvgIpc) is 2.86. The van der Waals surface area contributed by atoms with Crippen LogP contribution in [0.4, 0.5) is 5.69 Å². The quantitative estimate of drug-likeness (QED) is 0.352. The van der Waals surface area contributed by atoms with Crippen molar-refractivity contribution in [3.63, 3.8) is 0 Å². The van der Waals surface area contributed by atoms with Crippen molar-refractivity contribution < 1.29 is 22.7 Å². The monoisotopic (exact) mass is 478 g/mol. The summed E-state index contributed by atoms with van der Waals surface area (Å²) >= 11 is 0. The molecule has 1 amide bonds. The first-order valence-corrected chi connectivity index (χ1v) is 12.1. The lowest BCUT2D eigenvalue weighted by Gasteiger charge is -2.25. The molecule has 7 nitrogen and oxygen atoms in total. The van der Waals surface area contributed by atoms with Gasteiger partial charge in [-0.1, -0.05) is 60.7 Å². The zero-order valence-corrected chi connectivity index (χ0v) is 19.6. The molecular weight excluding hydrogens is 452 g/mol. The van der Waals surface area contributed by atoms with Gasteiger partial charge in [0.25, 0.3) is 15.9 Å². The molecule has 0 fully saturated rings. The van der Waals surface area contributed by atoms with Crippen molar-refractivity contribution in [1.82, 2.24) is 5.32 Å². The normalized spacial score (nSPS) is 11.8. The van der Waals surface area contributed by atoms with E-state index < -0.39 is 28.0 Å². The van der Waals surface area contributed by atoms with Gasteiger partial charge in [0.1, 0.15) is 0 Å². The van der Waals surface area contributed by atoms with Gasteiger partial charge in [0.2, 0.25) is 0 Å². The molecule has 0 radical (unpaired) electrons. The Morgan fingerprint density at radius 1 is 1.00 bits per heavy atom. The van der Waals surface area contributed by atoms with Crippen molar-refractivity contribution in [2.45, 2.75) is 24.5 Å². The van der Waals surface area contributed by atoms with E-state index in [0.717, 1.165) is 5.56 Å². The second-order valence-electron chi connectivity index (χ2n) is 7.44. The zero-order valence-electron chi connectivity index (χ0n) is 18.8. The molecule has 1 atom stereocenters. The fraction of sp³-hybridized carbons (Fsp3) is 0.154. The molecule has 0 saturated carbocycles. The van der Waals surface area contributed by atoms with Crippen LogP contribution in [0.5, 0.6) is 0 Å². The molecule has 3 aromatic carbocycles. The van der Waals surface area contributed by atoms with Crippen molar-refractivity contribution >= 4 is 27.6 Å². The van der Waals surface area contributed by atoms with Crippen molar-refractivity contribution in [3.05, 3.63) is 109 Å². The lowest BCUT2D eigenvalue weighted by Crippen LogP contribution is -2.36. The first-order valence-electron chi connectivity index (χ1n) is 10.6. The molecule has 0 bridgehead atoms. The fourth-order valence-corrected chi connectivity index (χ4v) is 4.67. The number of hydrogen-bond acceptors (Lipinski definition) is 5. The maximum atomic E-state index is 13.7. The lowest BCUT2D eigenvalue weighted by molar-refractivity contribution is -0.128. The van der Waals surface area contributed by atoms with Gasteiger partial charge in [0.15, 0.2) is 6.10 Å². The summed E-state index contributed by atoms with van der Waals surface area (Å²) in [5, 5.41) is 2.54. The van der Waals surface area contributed by atoms with Gasteiger partial charge in [-0.3, -0.25) is 9.10 Å². The molecule has 3 aromatic rings. The third-order valence-electron chi connectivity index (χ3n) is 4.94. The number of esters is 1. The number of benzene rings is 3. The number of hydrogen-bond donors (Lipinski definition) is 1. The van der Waals surface area contributed by atoms with E-state index in [0.29, 0.717) is 5.69 Å². The molecule has 0 saturated heterocycles. The van der Waals surface area contributed by atoms with E-state index in [1.807, 2.05) is 30.3 Å². The Bertz CT molecular complexity index is 1240. The first kappa shape index (κ1) is 24.7. The van der Waals surface area contributed by atoms with Crippen LogP contribution in [0.3, 0.4) is 0 Å². The van der Waals surface area contributed by atoms with Crippen molar-refractivity contribution in [1.29, 1.82) is 0 Å². The SMILES string of the molecule is C=CCNC(=O)C(C)OC(=O)c1cccc(S(=O)(=O)N(Cc2ccccc2)c2ccccc2)c1. The largest absolute Gasteiger partial charge is 0.449 e. The summed E-state index contributed by atoms with van der Waals surface area (Å²) in [5.41, 5.74) is 1.33. The number of sulfonamides is 1. The number of anilines is 1. The molecule has 0 aromatic heterocycles. The average molecular weight is 479 g/mol. The van der Waals surface area contributed by atoms with Crippen LogP contribution in [0, 0.1) is 0 Å². The molecule has 176 valence electrons. The molecule has 0 aliphatic heterocycles. The summed E-state index contributed by atoms with van der Waals surface area (Å²) in [6, 6.07) is 23.6. The van der Waals surface area contributed by atoms with Crippen LogP contribution in [0.2, 0.25) is 0 Å². The van der Waals surface area contributed by atoms with Gasteiger partial charge in [0.05, 0.1) is 22.7 Å². The number of para-hydroxylation sites is 1. The van der Waals surface area contributed by atoms with Gasteiger partial charge >= 0.3 is 5.97 Å². The van der Waals surface area contributed by atoms with E-state index in [-0.39, 0.29) is 23.5 Å². The number of amides is 1. The van der Waals surface area contributed by atoms with Crippen LogP contribution in [-0.2, 0) is 26.1 Å². The van der Waals surface area contributed by atoms with Crippen LogP contribution in [0.15, 0.2) is 102 Å². The summed E-state index contributed by atoms with van der Waals surface area (Å²) in [6.07, 6.45) is 0.459. The van der Waals surface area contributed by atoms with E-state index in [4.69, 9.17) is 4.74 Å². The van der Waals surface area contributed by atoms with Crippen LogP contribution in [-0.4, -0.2) is 32.9 Å². The highest BCUT2D eigenvalue weighted by atomic mass is 32.2. The summed E-state index contributed by atoms with van der Waals surface area (Å²) in [6.45, 7) is 5.31. The minimum atomic E-state index is -4.03. The first-order chi connectivity index (χ1) is 16.3. The molecule has 1 N–H and O–H groups in total. The van der Waals surface area contributed by atoms with Gasteiger partial charge in [-0.05, 0) is 42.8 Å². The molecule has 0 aliphatic carbocycles. The predicted octanol–water partition coefficient (Wildman–Crippen LogP) is 3.93. The highest BCUT2D eigenvalue weighted by Crippen LogP contribution is 2.26. The molecule has 0 spiro atoms. The maximum absolute atomic E-state index is 13.7. The van der Waals surface area contributed by atoms with Gasteiger partial charge in [0, 0.05) is 6.54 Å². The van der Waals surface area contributed by atoms with Gasteiger partial charge in [-0.15, -0.1) is 6.58 Å². The third kappa shape index (κ3) is 6.11. The van der Waals surface area contributed by atoms with Crippen LogP contribution in [0.25, 0.3) is 0 Å². The van der Waals surface area contributed by atoms with E-state index in [2.05, 4.69) is 11.9 Å². The summed E-state index contributed by atoms with van der Waals surface area (Å²) in [7, 11) is -4.03. The van der Waals surface area contributed by atoms with Crippen molar-refractivity contribution in [2.24, 2.45) is 0 Å². The smallest absolute Gasteiger partial charge is 0.338 e. The second-order valence-corrected chi connectivity index (χ2v) is 9.30. The highest BCUT2D eigenvalue weighted by molar-refractivity contribution is 7.92. The Morgan fingerprint density at radius 2 is 1.65 bits per heavy atom. The van der Waals surface area contributed by atoms with Crippen LogP contribution in [0.1, 0.15) is 22.8 Å². The molecule has 34 heavy (non-hydrogen) atoms. The minimum Gasteiger partial charge on any atom is -0.449 e. The third-order valence-corrected chi connectivity index (χ3v) is 6.71.